The van der Waals surface area contributed by atoms with Crippen LogP contribution in [-0.4, -0.2) is 68.9 Å². The van der Waals surface area contributed by atoms with Gasteiger partial charge in [-0.05, 0) is 92.9 Å². The maximum Gasteiger partial charge on any atom is 0.105 e. The minimum Gasteiger partial charge on any atom is -0.388 e. The zero-order valence-corrected chi connectivity index (χ0v) is 21.7. The molecule has 192 valence electrons. The number of fused-ring (bicyclic) bond motifs is 2. The van der Waals surface area contributed by atoms with Gasteiger partial charge in [-0.25, -0.2) is 0 Å². The van der Waals surface area contributed by atoms with E-state index in [0.717, 1.165) is 42.2 Å². The van der Waals surface area contributed by atoms with E-state index in [1.165, 1.54) is 11.1 Å². The van der Waals surface area contributed by atoms with E-state index in [-0.39, 0.29) is 17.4 Å². The van der Waals surface area contributed by atoms with Gasteiger partial charge in [0, 0.05) is 17.3 Å². The highest BCUT2D eigenvalue weighted by Gasteiger charge is 2.74. The first-order chi connectivity index (χ1) is 17.7. The molecule has 1 saturated heterocycles. The van der Waals surface area contributed by atoms with Gasteiger partial charge in [0.1, 0.15) is 11.5 Å². The summed E-state index contributed by atoms with van der Waals surface area (Å²) in [6.07, 6.45) is 8.83. The molecule has 2 unspecified atom stereocenters. The second kappa shape index (κ2) is 7.48. The van der Waals surface area contributed by atoms with Crippen LogP contribution in [0, 0.1) is 28.1 Å². The average molecular weight is 499 g/mol. The van der Waals surface area contributed by atoms with Gasteiger partial charge in [-0.1, -0.05) is 25.1 Å². The number of rotatable bonds is 2. The highest BCUT2D eigenvalue weighted by atomic mass is 16.5. The highest BCUT2D eigenvalue weighted by molar-refractivity contribution is 5.84. The predicted molar refractivity (Wildman–Crippen MR) is 139 cm³/mol. The van der Waals surface area contributed by atoms with Gasteiger partial charge in [0.15, 0.2) is 0 Å². The van der Waals surface area contributed by atoms with Crippen LogP contribution in [0.25, 0.3) is 16.5 Å². The summed E-state index contributed by atoms with van der Waals surface area (Å²) in [4.78, 5) is 1.99. The van der Waals surface area contributed by atoms with E-state index in [1.54, 1.807) is 6.20 Å². The number of nitriles is 1. The van der Waals surface area contributed by atoms with Crippen molar-refractivity contribution < 1.29 is 14.9 Å². The van der Waals surface area contributed by atoms with Gasteiger partial charge in [0.25, 0.3) is 0 Å². The Labute approximate surface area is 217 Å². The number of hydrogen-bond acceptors (Lipinski definition) is 7. The number of hydrogen-bond donors (Lipinski definition) is 2. The van der Waals surface area contributed by atoms with Gasteiger partial charge in [0.05, 0.1) is 35.1 Å². The van der Waals surface area contributed by atoms with Crippen LogP contribution in [0.4, 0.5) is 0 Å². The molecule has 2 aliphatic heterocycles. The van der Waals surface area contributed by atoms with Crippen molar-refractivity contribution in [2.24, 2.45) is 16.7 Å². The first-order valence-corrected chi connectivity index (χ1v) is 13.5. The Morgan fingerprint density at radius 3 is 2.76 bits per heavy atom. The molecule has 1 aromatic heterocycles. The van der Waals surface area contributed by atoms with Crippen molar-refractivity contribution in [3.8, 4) is 6.07 Å². The van der Waals surface area contributed by atoms with Crippen molar-refractivity contribution in [1.82, 2.24) is 15.1 Å². The Kier molecular flexibility index (Phi) is 4.75. The number of benzene rings is 1. The van der Waals surface area contributed by atoms with E-state index in [2.05, 4.69) is 47.5 Å². The van der Waals surface area contributed by atoms with Crippen molar-refractivity contribution in [2.45, 2.75) is 74.9 Å². The molecule has 5 aliphatic rings. The van der Waals surface area contributed by atoms with E-state index < -0.39 is 28.8 Å². The molecule has 7 heteroatoms. The summed E-state index contributed by atoms with van der Waals surface area (Å²) in [6.45, 7) is 2.36. The summed E-state index contributed by atoms with van der Waals surface area (Å²) in [5, 5.41) is 42.3. The van der Waals surface area contributed by atoms with Crippen LogP contribution in [0.2, 0.25) is 0 Å². The van der Waals surface area contributed by atoms with Crippen molar-refractivity contribution >= 4 is 16.5 Å². The Bertz CT molecular complexity index is 1410. The van der Waals surface area contributed by atoms with Crippen LogP contribution < -0.4 is 0 Å². The van der Waals surface area contributed by atoms with Gasteiger partial charge in [0.2, 0.25) is 0 Å². The Balaban J connectivity index is 1.32. The lowest BCUT2D eigenvalue weighted by Crippen LogP contribution is -2.66. The summed E-state index contributed by atoms with van der Waals surface area (Å²) < 4.78 is 7.27. The lowest BCUT2D eigenvalue weighted by molar-refractivity contribution is -0.223. The fourth-order valence-corrected chi connectivity index (χ4v) is 8.85. The molecule has 2 spiro atoms. The van der Waals surface area contributed by atoms with Crippen LogP contribution in [0.15, 0.2) is 48.2 Å². The monoisotopic (exact) mass is 498 g/mol. The minimum absolute atomic E-state index is 0.126. The van der Waals surface area contributed by atoms with Crippen LogP contribution in [0.1, 0.15) is 51.0 Å². The number of allylic oxidation sites excluding steroid dienone is 2. The first-order valence-electron chi connectivity index (χ1n) is 13.5. The molecule has 1 aromatic carbocycles. The largest absolute Gasteiger partial charge is 0.388 e. The van der Waals surface area contributed by atoms with Crippen molar-refractivity contribution in [1.29, 1.82) is 5.26 Å². The van der Waals surface area contributed by atoms with Gasteiger partial charge in [-0.3, -0.25) is 0 Å². The van der Waals surface area contributed by atoms with Crippen molar-refractivity contribution in [3.05, 3.63) is 53.8 Å². The maximum absolute atomic E-state index is 11.3. The van der Waals surface area contributed by atoms with E-state index in [1.807, 2.05) is 31.1 Å². The lowest BCUT2D eigenvalue weighted by Gasteiger charge is -2.61. The smallest absolute Gasteiger partial charge is 0.105 e. The van der Waals surface area contributed by atoms with Gasteiger partial charge >= 0.3 is 0 Å². The summed E-state index contributed by atoms with van der Waals surface area (Å²) >= 11 is 0. The van der Waals surface area contributed by atoms with Crippen LogP contribution in [0.3, 0.4) is 0 Å². The third kappa shape index (κ3) is 2.80. The quantitative estimate of drug-likeness (QED) is 0.610. The Hall–Kier alpha value is -2.63. The van der Waals surface area contributed by atoms with Crippen molar-refractivity contribution in [3.63, 3.8) is 0 Å². The summed E-state index contributed by atoms with van der Waals surface area (Å²) in [5.74, 6) is 0.161. The second-order valence-electron chi connectivity index (χ2n) is 12.5. The Morgan fingerprint density at radius 1 is 1.14 bits per heavy atom. The molecule has 7 nitrogen and oxygen atoms in total. The number of ether oxygens (including phenoxy) is 1. The molecule has 37 heavy (non-hydrogen) atoms. The molecule has 2 N–H and O–H groups in total. The van der Waals surface area contributed by atoms with Crippen LogP contribution in [-0.2, 0) is 4.74 Å². The van der Waals surface area contributed by atoms with E-state index in [4.69, 9.17) is 4.74 Å². The van der Waals surface area contributed by atoms with E-state index >= 15 is 0 Å². The predicted octanol–water partition coefficient (Wildman–Crippen LogP) is 3.63. The van der Waals surface area contributed by atoms with Gasteiger partial charge in [-0.2, -0.15) is 15.5 Å². The van der Waals surface area contributed by atoms with E-state index in [9.17, 15) is 15.5 Å². The molecular formula is C30H34N4O3. The fraction of sp³-hybridized carbons (Fsp3) is 0.567. The minimum atomic E-state index is -1.02. The molecule has 7 rings (SSSR count). The number of likely N-dealkylation sites (N-methyl/N-ethyl adjacent to an activating group) is 1. The molecule has 3 heterocycles. The highest BCUT2D eigenvalue weighted by Crippen LogP contribution is 2.72. The lowest BCUT2D eigenvalue weighted by atomic mass is 9.49. The third-order valence-corrected chi connectivity index (χ3v) is 10.8. The Morgan fingerprint density at radius 2 is 1.97 bits per heavy atom. The summed E-state index contributed by atoms with van der Waals surface area (Å²) in [6, 6.07) is 10.9. The molecule has 2 aromatic rings. The molecule has 3 aliphatic carbocycles. The third-order valence-electron chi connectivity index (χ3n) is 10.8. The number of nitrogens with zero attached hydrogens (tertiary/aromatic N) is 4. The normalized spacial score (nSPS) is 44.0. The SMILES string of the molecule is CN(C)[C@H]1C[C@@]23CC[C@]4(O2)C2CC=C(c5ccc6nnccc6c5)[C@@]2(C)CCC4(C#N)C=C3[C@@H](O)[C@@H]1O. The number of aliphatic hydroxyl groups is 2. The van der Waals surface area contributed by atoms with Gasteiger partial charge < -0.3 is 19.8 Å². The fourth-order valence-electron chi connectivity index (χ4n) is 8.85. The molecule has 2 bridgehead atoms. The van der Waals surface area contributed by atoms with E-state index in [0.29, 0.717) is 12.8 Å². The summed E-state index contributed by atoms with van der Waals surface area (Å²) in [5.41, 5.74) is 1.99. The number of aromatic nitrogens is 2. The topological polar surface area (TPSA) is 102 Å². The molecular weight excluding hydrogens is 464 g/mol. The molecule has 3 fully saturated rings. The summed E-state index contributed by atoms with van der Waals surface area (Å²) in [7, 11) is 3.89. The zero-order chi connectivity index (χ0) is 25.8. The second-order valence-corrected chi connectivity index (χ2v) is 12.5. The average Bonchev–Trinajstić information content (AvgIpc) is 3.42. The zero-order valence-electron chi connectivity index (χ0n) is 21.7. The maximum atomic E-state index is 11.3. The van der Waals surface area contributed by atoms with Gasteiger partial charge in [-0.15, -0.1) is 0 Å². The first kappa shape index (κ1) is 23.5. The number of aliphatic hydroxyl groups excluding tert-OH is 2. The molecule has 8 atom stereocenters. The molecule has 2 saturated carbocycles. The van der Waals surface area contributed by atoms with Crippen molar-refractivity contribution in [2.75, 3.05) is 14.1 Å². The molecule has 0 amide bonds. The standard InChI is InChI=1S/C30H34N4O3/c1-27-9-10-28(17-31)15-21-25(35)26(36)23(34(2)3)16-29(21)11-12-30(28,37-29)24(27)7-5-20(27)18-4-6-22-19(14-18)8-13-32-33-22/h4-6,8,13-15,23-26,35-36H,7,9-12,16H2,1-3H3/t23-,24?,25+,26+,27+,28?,29+,30-/m0/s1. The molecule has 0 radical (unpaired) electrons. The van der Waals surface area contributed by atoms with Crippen LogP contribution >= 0.6 is 0 Å². The van der Waals surface area contributed by atoms with Crippen LogP contribution in [0.5, 0.6) is 0 Å².